The number of aryl methyl sites for hydroxylation is 1. The molecular formula is C19H20FN3O2S. The molecule has 26 heavy (non-hydrogen) atoms. The molecule has 1 N–H and O–H groups in total. The third-order valence-electron chi connectivity index (χ3n) is 3.98. The van der Waals surface area contributed by atoms with Crippen LogP contribution < -0.4 is 5.32 Å². The maximum absolute atomic E-state index is 12.9. The van der Waals surface area contributed by atoms with Crippen molar-refractivity contribution in [3.8, 4) is 11.3 Å². The lowest BCUT2D eigenvalue weighted by Gasteiger charge is -2.07. The minimum Gasteiger partial charge on any atom is -0.464 e. The molecule has 3 aromatic rings. The van der Waals surface area contributed by atoms with Crippen molar-refractivity contribution in [1.29, 1.82) is 0 Å². The molecule has 1 aromatic carbocycles. The second-order valence-electron chi connectivity index (χ2n) is 5.84. The molecule has 0 radical (unpaired) electrons. The first-order valence-electron chi connectivity index (χ1n) is 8.27. The van der Waals surface area contributed by atoms with Crippen LogP contribution in [0.3, 0.4) is 0 Å². The summed E-state index contributed by atoms with van der Waals surface area (Å²) in [7, 11) is 0. The van der Waals surface area contributed by atoms with Gasteiger partial charge in [0.05, 0.1) is 29.8 Å². The Balaban J connectivity index is 1.49. The maximum Gasteiger partial charge on any atom is 0.230 e. The number of thioether (sulfide) groups is 1. The summed E-state index contributed by atoms with van der Waals surface area (Å²) >= 11 is 1.38. The summed E-state index contributed by atoms with van der Waals surface area (Å²) in [4.78, 5) is 12.8. The highest BCUT2D eigenvalue weighted by molar-refractivity contribution is 8.00. The average molecular weight is 373 g/mol. The number of amides is 1. The Bertz CT molecular complexity index is 873. The molecule has 0 saturated carbocycles. The van der Waals surface area contributed by atoms with E-state index < -0.39 is 0 Å². The second-order valence-corrected chi connectivity index (χ2v) is 6.89. The van der Waals surface area contributed by atoms with Gasteiger partial charge in [-0.1, -0.05) is 0 Å². The predicted molar refractivity (Wildman–Crippen MR) is 99.5 cm³/mol. The number of hydrogen-bond acceptors (Lipinski definition) is 4. The zero-order chi connectivity index (χ0) is 18.5. The summed E-state index contributed by atoms with van der Waals surface area (Å²) in [5.41, 5.74) is 2.90. The van der Waals surface area contributed by atoms with E-state index in [2.05, 4.69) is 10.4 Å². The van der Waals surface area contributed by atoms with E-state index in [1.54, 1.807) is 18.4 Å². The SMILES string of the molecule is Cc1nn(CCNC(=O)CSc2ccc(F)cc2)c(C)c1-c1ccco1. The molecule has 2 heterocycles. The standard InChI is InChI=1S/C19H20FN3O2S/c1-13-19(17-4-3-11-25-17)14(2)23(22-13)10-9-21-18(24)12-26-16-7-5-15(20)6-8-16/h3-8,11H,9-10,12H2,1-2H3,(H,21,24). The van der Waals surface area contributed by atoms with Gasteiger partial charge in [0, 0.05) is 17.1 Å². The Morgan fingerprint density at radius 1 is 1.27 bits per heavy atom. The zero-order valence-corrected chi connectivity index (χ0v) is 15.5. The predicted octanol–water partition coefficient (Wildman–Crippen LogP) is 3.81. The lowest BCUT2D eigenvalue weighted by Crippen LogP contribution is -2.29. The number of furan rings is 1. The van der Waals surface area contributed by atoms with Gasteiger partial charge in [0.15, 0.2) is 0 Å². The fourth-order valence-electron chi connectivity index (χ4n) is 2.72. The first-order chi connectivity index (χ1) is 12.5. The number of nitrogens with zero attached hydrogens (tertiary/aromatic N) is 2. The van der Waals surface area contributed by atoms with Crippen LogP contribution in [0, 0.1) is 19.7 Å². The molecular weight excluding hydrogens is 353 g/mol. The molecule has 3 rings (SSSR count). The van der Waals surface area contributed by atoms with Gasteiger partial charge in [0.1, 0.15) is 11.6 Å². The number of carbonyl (C=O) groups excluding carboxylic acids is 1. The van der Waals surface area contributed by atoms with Crippen LogP contribution in [0.2, 0.25) is 0 Å². The van der Waals surface area contributed by atoms with Crippen molar-refractivity contribution in [1.82, 2.24) is 15.1 Å². The van der Waals surface area contributed by atoms with Gasteiger partial charge in [0.25, 0.3) is 0 Å². The highest BCUT2D eigenvalue weighted by atomic mass is 32.2. The molecule has 0 aliphatic rings. The van der Waals surface area contributed by atoms with Crippen molar-refractivity contribution in [2.75, 3.05) is 12.3 Å². The number of benzene rings is 1. The minimum absolute atomic E-state index is 0.0629. The first kappa shape index (κ1) is 18.3. The largest absolute Gasteiger partial charge is 0.464 e. The highest BCUT2D eigenvalue weighted by Gasteiger charge is 2.15. The Kier molecular flexibility index (Phi) is 5.78. The topological polar surface area (TPSA) is 60.1 Å². The molecule has 2 aromatic heterocycles. The van der Waals surface area contributed by atoms with Gasteiger partial charge < -0.3 is 9.73 Å². The van der Waals surface area contributed by atoms with Gasteiger partial charge in [-0.3, -0.25) is 9.48 Å². The Labute approximate surface area is 155 Å². The maximum atomic E-state index is 12.9. The van der Waals surface area contributed by atoms with E-state index in [9.17, 15) is 9.18 Å². The van der Waals surface area contributed by atoms with E-state index in [1.807, 2.05) is 30.7 Å². The van der Waals surface area contributed by atoms with E-state index >= 15 is 0 Å². The molecule has 0 bridgehead atoms. The monoisotopic (exact) mass is 373 g/mol. The molecule has 7 heteroatoms. The summed E-state index contributed by atoms with van der Waals surface area (Å²) in [6.07, 6.45) is 1.64. The molecule has 0 spiro atoms. The Hall–Kier alpha value is -2.54. The number of halogens is 1. The number of carbonyl (C=O) groups is 1. The van der Waals surface area contributed by atoms with Crippen LogP contribution in [0.4, 0.5) is 4.39 Å². The molecule has 0 saturated heterocycles. The summed E-state index contributed by atoms with van der Waals surface area (Å²) in [6.45, 7) is 5.01. The van der Waals surface area contributed by atoms with Gasteiger partial charge in [0.2, 0.25) is 5.91 Å². The third kappa shape index (κ3) is 4.35. The number of rotatable bonds is 7. The van der Waals surface area contributed by atoms with Crippen molar-refractivity contribution in [3.05, 3.63) is 59.9 Å². The van der Waals surface area contributed by atoms with Crippen LogP contribution in [0.15, 0.2) is 52.0 Å². The molecule has 0 atom stereocenters. The first-order valence-corrected chi connectivity index (χ1v) is 9.26. The molecule has 1 amide bonds. The summed E-state index contributed by atoms with van der Waals surface area (Å²) in [6, 6.07) is 9.87. The van der Waals surface area contributed by atoms with Crippen LogP contribution in [0.1, 0.15) is 11.4 Å². The molecule has 0 fully saturated rings. The van der Waals surface area contributed by atoms with Gasteiger partial charge in [-0.2, -0.15) is 5.10 Å². The van der Waals surface area contributed by atoms with Crippen molar-refractivity contribution < 1.29 is 13.6 Å². The van der Waals surface area contributed by atoms with Crippen LogP contribution in [-0.2, 0) is 11.3 Å². The number of aromatic nitrogens is 2. The molecule has 0 aliphatic carbocycles. The fourth-order valence-corrected chi connectivity index (χ4v) is 3.45. The number of nitrogens with one attached hydrogen (secondary N) is 1. The van der Waals surface area contributed by atoms with E-state index in [1.165, 1.54) is 23.9 Å². The van der Waals surface area contributed by atoms with Gasteiger partial charge in [-0.25, -0.2) is 4.39 Å². The van der Waals surface area contributed by atoms with Gasteiger partial charge in [-0.05, 0) is 50.2 Å². The van der Waals surface area contributed by atoms with E-state index in [0.717, 1.165) is 27.6 Å². The van der Waals surface area contributed by atoms with Crippen molar-refractivity contribution in [2.45, 2.75) is 25.3 Å². The van der Waals surface area contributed by atoms with E-state index in [0.29, 0.717) is 18.8 Å². The molecule has 0 unspecified atom stereocenters. The summed E-state index contributed by atoms with van der Waals surface area (Å²) < 4.78 is 20.2. The van der Waals surface area contributed by atoms with Crippen molar-refractivity contribution >= 4 is 17.7 Å². The minimum atomic E-state index is -0.280. The van der Waals surface area contributed by atoms with Crippen LogP contribution in [0.25, 0.3) is 11.3 Å². The Morgan fingerprint density at radius 2 is 2.04 bits per heavy atom. The second kappa shape index (κ2) is 8.23. The lowest BCUT2D eigenvalue weighted by molar-refractivity contribution is -0.118. The van der Waals surface area contributed by atoms with Crippen molar-refractivity contribution in [3.63, 3.8) is 0 Å². The van der Waals surface area contributed by atoms with E-state index in [4.69, 9.17) is 4.42 Å². The normalized spacial score (nSPS) is 10.9. The van der Waals surface area contributed by atoms with Crippen LogP contribution in [-0.4, -0.2) is 28.0 Å². The lowest BCUT2D eigenvalue weighted by atomic mass is 10.1. The molecule has 136 valence electrons. The molecule has 0 aliphatic heterocycles. The van der Waals surface area contributed by atoms with E-state index in [-0.39, 0.29) is 11.7 Å². The quantitative estimate of drug-likeness (QED) is 0.640. The van der Waals surface area contributed by atoms with Crippen LogP contribution >= 0.6 is 11.8 Å². The van der Waals surface area contributed by atoms with Gasteiger partial charge >= 0.3 is 0 Å². The fraction of sp³-hybridized carbons (Fsp3) is 0.263. The summed E-state index contributed by atoms with van der Waals surface area (Å²) in [5.74, 6) is 0.746. The average Bonchev–Trinajstić information content (AvgIpc) is 3.23. The highest BCUT2D eigenvalue weighted by Crippen LogP contribution is 2.27. The van der Waals surface area contributed by atoms with Crippen molar-refractivity contribution in [2.24, 2.45) is 0 Å². The zero-order valence-electron chi connectivity index (χ0n) is 14.7. The third-order valence-corrected chi connectivity index (χ3v) is 4.99. The smallest absolute Gasteiger partial charge is 0.230 e. The Morgan fingerprint density at radius 3 is 2.73 bits per heavy atom. The summed E-state index contributed by atoms with van der Waals surface area (Å²) in [5, 5.41) is 7.41. The van der Waals surface area contributed by atoms with Gasteiger partial charge in [-0.15, -0.1) is 11.8 Å². The van der Waals surface area contributed by atoms with Crippen LogP contribution in [0.5, 0.6) is 0 Å². The molecule has 5 nitrogen and oxygen atoms in total. The number of hydrogen-bond donors (Lipinski definition) is 1.